The minimum atomic E-state index is -0.957. The molecule has 0 spiro atoms. The van der Waals surface area contributed by atoms with Crippen molar-refractivity contribution in [2.24, 2.45) is 7.05 Å². The molecule has 0 saturated carbocycles. The Hall–Kier alpha value is -2.38. The molecule has 0 aliphatic rings. The molecular formula is C18H30N3O5+. The van der Waals surface area contributed by atoms with Gasteiger partial charge in [0.2, 0.25) is 0 Å². The summed E-state index contributed by atoms with van der Waals surface area (Å²) < 4.78 is 13.6. The van der Waals surface area contributed by atoms with E-state index in [-0.39, 0.29) is 12.8 Å². The van der Waals surface area contributed by atoms with Gasteiger partial charge in [-0.15, -0.1) is 0 Å². The molecule has 1 rings (SSSR count). The number of hydrogen-bond donors (Lipinski definition) is 1. The molecule has 0 unspecified atom stereocenters. The number of esters is 2. The Balaban J connectivity index is 2.80. The summed E-state index contributed by atoms with van der Waals surface area (Å²) in [5, 5.41) is 2.62. The maximum Gasteiger partial charge on any atom is 0.413 e. The third kappa shape index (κ3) is 8.13. The number of rotatable bonds is 5. The highest BCUT2D eigenvalue weighted by atomic mass is 16.6. The zero-order chi connectivity index (χ0) is 20.1. The molecule has 8 nitrogen and oxygen atoms in total. The van der Waals surface area contributed by atoms with Crippen LogP contribution >= 0.6 is 0 Å². The summed E-state index contributed by atoms with van der Waals surface area (Å²) >= 11 is 0. The van der Waals surface area contributed by atoms with Crippen molar-refractivity contribution in [1.82, 2.24) is 9.88 Å². The van der Waals surface area contributed by atoms with Crippen LogP contribution in [0.3, 0.4) is 0 Å². The Labute approximate surface area is 154 Å². The van der Waals surface area contributed by atoms with Gasteiger partial charge in [-0.25, -0.2) is 14.2 Å². The maximum absolute atomic E-state index is 12.4. The smallest absolute Gasteiger partial charge is 0.413 e. The monoisotopic (exact) mass is 368 g/mol. The van der Waals surface area contributed by atoms with E-state index in [1.165, 1.54) is 4.57 Å². The van der Waals surface area contributed by atoms with Gasteiger partial charge in [-0.2, -0.15) is 4.57 Å². The first-order valence-corrected chi connectivity index (χ1v) is 8.55. The Kier molecular flexibility index (Phi) is 6.94. The van der Waals surface area contributed by atoms with Crippen molar-refractivity contribution in [3.8, 4) is 0 Å². The van der Waals surface area contributed by atoms with E-state index < -0.39 is 35.2 Å². The number of carbonyl (C=O) groups is 3. The first kappa shape index (κ1) is 21.7. The molecule has 1 amide bonds. The van der Waals surface area contributed by atoms with Crippen LogP contribution in [0.4, 0.5) is 4.79 Å². The average molecular weight is 368 g/mol. The van der Waals surface area contributed by atoms with Gasteiger partial charge in [0, 0.05) is 6.42 Å². The summed E-state index contributed by atoms with van der Waals surface area (Å²) in [5.74, 6) is -1.03. The molecule has 1 aromatic heterocycles. The van der Waals surface area contributed by atoms with E-state index in [0.717, 1.165) is 0 Å². The summed E-state index contributed by atoms with van der Waals surface area (Å²) in [7, 11) is 1.78. The van der Waals surface area contributed by atoms with Crippen molar-refractivity contribution >= 4 is 18.0 Å². The van der Waals surface area contributed by atoms with E-state index in [9.17, 15) is 14.4 Å². The van der Waals surface area contributed by atoms with Crippen LogP contribution in [-0.4, -0.2) is 39.8 Å². The van der Waals surface area contributed by atoms with Crippen molar-refractivity contribution in [2.45, 2.75) is 71.6 Å². The fourth-order valence-electron chi connectivity index (χ4n) is 2.07. The number of ether oxygens (including phenoxy) is 2. The summed E-state index contributed by atoms with van der Waals surface area (Å²) in [6.07, 6.45) is 4.90. The number of nitrogens with one attached hydrogen (secondary N) is 1. The fourth-order valence-corrected chi connectivity index (χ4v) is 2.07. The number of hydrogen-bond acceptors (Lipinski definition) is 5. The molecule has 0 aliphatic carbocycles. The van der Waals surface area contributed by atoms with E-state index in [2.05, 4.69) is 5.32 Å². The number of carbonyl (C=O) groups excluding carboxylic acids is 3. The van der Waals surface area contributed by atoms with Crippen LogP contribution in [0.5, 0.6) is 0 Å². The molecule has 0 aromatic carbocycles. The lowest BCUT2D eigenvalue weighted by Crippen LogP contribution is -2.46. The van der Waals surface area contributed by atoms with Crippen molar-refractivity contribution in [3.05, 3.63) is 18.7 Å². The Morgan fingerprint density at radius 1 is 1.08 bits per heavy atom. The van der Waals surface area contributed by atoms with Crippen LogP contribution in [0.1, 0.15) is 54.4 Å². The molecule has 0 radical (unpaired) electrons. The second-order valence-electron chi connectivity index (χ2n) is 8.15. The van der Waals surface area contributed by atoms with Gasteiger partial charge >= 0.3 is 18.0 Å². The van der Waals surface area contributed by atoms with Crippen LogP contribution < -0.4 is 9.88 Å². The van der Waals surface area contributed by atoms with Crippen LogP contribution in [-0.2, 0) is 26.1 Å². The molecule has 1 aromatic rings. The Morgan fingerprint density at radius 2 is 1.65 bits per heavy atom. The van der Waals surface area contributed by atoms with Gasteiger partial charge < -0.3 is 14.8 Å². The van der Waals surface area contributed by atoms with Crippen molar-refractivity contribution in [1.29, 1.82) is 0 Å². The zero-order valence-electron chi connectivity index (χ0n) is 16.7. The lowest BCUT2D eigenvalue weighted by molar-refractivity contribution is -0.670. The van der Waals surface area contributed by atoms with Crippen molar-refractivity contribution < 1.29 is 28.4 Å². The summed E-state index contributed by atoms with van der Waals surface area (Å²) in [6, 6.07) is -1.44. The molecule has 146 valence electrons. The fraction of sp³-hybridized carbons (Fsp3) is 0.667. The quantitative estimate of drug-likeness (QED) is 0.631. The number of aryl methyl sites for hydroxylation is 1. The van der Waals surface area contributed by atoms with Crippen LogP contribution in [0.2, 0.25) is 0 Å². The standard InChI is InChI=1S/C18H29N3O5/c1-17(2,3)25-14(22)9-8-13(15(23)26-18(4,5)6)19-16(24)21-11-10-20(7)12-21/h10-13H,8-9H2,1-7H3/p+1/t13-/m0/s1. The topological polar surface area (TPSA) is 90.5 Å². The molecule has 0 bridgehead atoms. The molecule has 1 atom stereocenters. The number of imidazole rings is 1. The lowest BCUT2D eigenvalue weighted by Gasteiger charge is -2.24. The van der Waals surface area contributed by atoms with Gasteiger partial charge in [0.05, 0.1) is 7.05 Å². The first-order valence-electron chi connectivity index (χ1n) is 8.55. The SMILES string of the molecule is C[n+]1ccn(C(=O)N[C@@H](CCC(=O)OC(C)(C)C)C(=O)OC(C)(C)C)c1. The predicted octanol–water partition coefficient (Wildman–Crippen LogP) is 1.70. The first-order chi connectivity index (χ1) is 11.8. The van der Waals surface area contributed by atoms with E-state index >= 15 is 0 Å². The van der Waals surface area contributed by atoms with Gasteiger partial charge in [0.1, 0.15) is 29.6 Å². The van der Waals surface area contributed by atoms with E-state index in [4.69, 9.17) is 9.47 Å². The van der Waals surface area contributed by atoms with E-state index in [1.807, 2.05) is 0 Å². The van der Waals surface area contributed by atoms with Gasteiger partial charge in [0.25, 0.3) is 6.33 Å². The predicted molar refractivity (Wildman–Crippen MR) is 94.2 cm³/mol. The second-order valence-corrected chi connectivity index (χ2v) is 8.15. The molecule has 1 heterocycles. The number of amides is 1. The highest BCUT2D eigenvalue weighted by molar-refractivity contribution is 5.85. The molecule has 0 aliphatic heterocycles. The number of nitrogens with zero attached hydrogens (tertiary/aromatic N) is 2. The highest BCUT2D eigenvalue weighted by Gasteiger charge is 2.29. The van der Waals surface area contributed by atoms with Crippen molar-refractivity contribution in [2.75, 3.05) is 0 Å². The van der Waals surface area contributed by atoms with E-state index in [1.54, 1.807) is 71.9 Å². The summed E-state index contributed by atoms with van der Waals surface area (Å²) in [5.41, 5.74) is -1.31. The summed E-state index contributed by atoms with van der Waals surface area (Å²) in [4.78, 5) is 36.7. The molecule has 1 N–H and O–H groups in total. The third-order valence-electron chi connectivity index (χ3n) is 3.05. The second kappa shape index (κ2) is 8.33. The maximum atomic E-state index is 12.4. The van der Waals surface area contributed by atoms with Crippen LogP contribution in [0.15, 0.2) is 18.7 Å². The summed E-state index contributed by atoms with van der Waals surface area (Å²) in [6.45, 7) is 10.5. The minimum Gasteiger partial charge on any atom is -0.460 e. The molecule has 8 heteroatoms. The van der Waals surface area contributed by atoms with Crippen LogP contribution in [0, 0.1) is 0 Å². The molecule has 26 heavy (non-hydrogen) atoms. The third-order valence-corrected chi connectivity index (χ3v) is 3.05. The largest absolute Gasteiger partial charge is 0.460 e. The molecular weight excluding hydrogens is 338 g/mol. The normalized spacial score (nSPS) is 13.0. The van der Waals surface area contributed by atoms with Gasteiger partial charge in [-0.3, -0.25) is 4.79 Å². The van der Waals surface area contributed by atoms with Gasteiger partial charge in [0.15, 0.2) is 0 Å². The lowest BCUT2D eigenvalue weighted by atomic mass is 10.1. The Morgan fingerprint density at radius 3 is 2.12 bits per heavy atom. The van der Waals surface area contributed by atoms with Crippen LogP contribution in [0.25, 0.3) is 0 Å². The highest BCUT2D eigenvalue weighted by Crippen LogP contribution is 2.13. The van der Waals surface area contributed by atoms with E-state index in [0.29, 0.717) is 0 Å². The minimum absolute atomic E-state index is 0.0130. The zero-order valence-corrected chi connectivity index (χ0v) is 16.7. The molecule has 0 fully saturated rings. The van der Waals surface area contributed by atoms with Gasteiger partial charge in [-0.1, -0.05) is 0 Å². The van der Waals surface area contributed by atoms with Gasteiger partial charge in [-0.05, 0) is 48.0 Å². The Bertz CT molecular complexity index is 653. The average Bonchev–Trinajstić information content (AvgIpc) is 2.86. The van der Waals surface area contributed by atoms with Crippen molar-refractivity contribution in [3.63, 3.8) is 0 Å². The number of aromatic nitrogens is 2. The molecule has 0 saturated heterocycles.